The summed E-state index contributed by atoms with van der Waals surface area (Å²) >= 11 is 0. The molecule has 2 bridgehead atoms. The second-order valence-corrected chi connectivity index (χ2v) is 36.2. The fourth-order valence-corrected chi connectivity index (χ4v) is 16.7. The van der Waals surface area contributed by atoms with Crippen LogP contribution in [0.5, 0.6) is 0 Å². The number of hydrogen-bond acceptors (Lipinski definition) is 8. The lowest BCUT2D eigenvalue weighted by Gasteiger charge is -2.31. The van der Waals surface area contributed by atoms with Gasteiger partial charge in [0, 0.05) is 40.3 Å². The van der Waals surface area contributed by atoms with Gasteiger partial charge in [-0.1, -0.05) is 348 Å². The van der Waals surface area contributed by atoms with Crippen molar-refractivity contribution in [2.75, 3.05) is 52.9 Å². The maximum Gasteiger partial charge on any atom is 0.302 e. The number of esters is 2. The van der Waals surface area contributed by atoms with Crippen LogP contribution in [-0.2, 0) is 38.0 Å². The third-order valence-corrected chi connectivity index (χ3v) is 24.9. The largest absolute Gasteiger partial charge is 0.463 e. The highest BCUT2D eigenvalue weighted by Gasteiger charge is 2.26. The van der Waals surface area contributed by atoms with E-state index in [4.69, 9.17) is 28.4 Å². The molecule has 582 valence electrons. The molecule has 0 radical (unpaired) electrons. The van der Waals surface area contributed by atoms with Crippen molar-refractivity contribution in [3.8, 4) is 0 Å². The van der Waals surface area contributed by atoms with Gasteiger partial charge < -0.3 is 28.4 Å². The molecule has 0 saturated carbocycles. The first-order valence-electron chi connectivity index (χ1n) is 43.6. The molecule has 98 heavy (non-hydrogen) atoms. The molecule has 2 fully saturated rings. The Labute approximate surface area is 612 Å². The molecule has 2 heterocycles. The molecule has 17 unspecified atom stereocenters. The molecule has 2 aliphatic heterocycles. The van der Waals surface area contributed by atoms with Gasteiger partial charge in [-0.05, 0) is 139 Å². The number of carbonyl (C=O) groups excluding carboxylic acids is 2. The molecule has 0 amide bonds. The van der Waals surface area contributed by atoms with Gasteiger partial charge in [0.05, 0.1) is 13.2 Å². The third-order valence-electron chi connectivity index (χ3n) is 24.9. The first-order chi connectivity index (χ1) is 46.9. The fourth-order valence-electron chi connectivity index (χ4n) is 16.7. The molecule has 0 spiro atoms. The van der Waals surface area contributed by atoms with Crippen LogP contribution in [0.1, 0.15) is 400 Å². The molecule has 2 saturated heterocycles. The van der Waals surface area contributed by atoms with Crippen molar-refractivity contribution in [1.29, 1.82) is 0 Å². The summed E-state index contributed by atoms with van der Waals surface area (Å²) in [6.07, 6.45) is 58.6. The number of rotatable bonds is 4. The predicted molar refractivity (Wildman–Crippen MR) is 422 cm³/mol. The molecule has 0 aliphatic carbocycles. The number of ether oxygens (including phenoxy) is 6. The van der Waals surface area contributed by atoms with E-state index in [1.54, 1.807) is 0 Å². The van der Waals surface area contributed by atoms with Crippen LogP contribution in [0.25, 0.3) is 0 Å². The molecular formula is C90H174O8. The van der Waals surface area contributed by atoms with E-state index in [0.717, 1.165) is 116 Å². The topological polar surface area (TPSA) is 89.5 Å². The lowest BCUT2D eigenvalue weighted by molar-refractivity contribution is -0.148. The Morgan fingerprint density at radius 1 is 0.265 bits per heavy atom. The summed E-state index contributed by atoms with van der Waals surface area (Å²) in [4.78, 5) is 23.5. The van der Waals surface area contributed by atoms with Gasteiger partial charge in [0.15, 0.2) is 0 Å². The van der Waals surface area contributed by atoms with Gasteiger partial charge in [-0.3, -0.25) is 9.59 Å². The number of fused-ring (bicyclic) bond motifs is 2. The summed E-state index contributed by atoms with van der Waals surface area (Å²) in [6, 6.07) is 0. The summed E-state index contributed by atoms with van der Waals surface area (Å²) in [7, 11) is 0. The minimum Gasteiger partial charge on any atom is -0.463 e. The van der Waals surface area contributed by atoms with Gasteiger partial charge in [0.1, 0.15) is 25.4 Å². The molecule has 0 aromatic rings. The minimum absolute atomic E-state index is 0.200. The highest BCUT2D eigenvalue weighted by Crippen LogP contribution is 2.38. The van der Waals surface area contributed by atoms with Crippen molar-refractivity contribution in [2.45, 2.75) is 412 Å². The Kier molecular flexibility index (Phi) is 56.8. The van der Waals surface area contributed by atoms with Crippen LogP contribution in [-0.4, -0.2) is 77.0 Å². The Morgan fingerprint density at radius 3 is 0.765 bits per heavy atom. The zero-order chi connectivity index (χ0) is 72.1. The van der Waals surface area contributed by atoms with Crippen LogP contribution in [0.15, 0.2) is 0 Å². The second kappa shape index (κ2) is 60.0. The average molecular weight is 1380 g/mol. The zero-order valence-corrected chi connectivity index (χ0v) is 69.0. The summed E-state index contributed by atoms with van der Waals surface area (Å²) in [5.41, 5.74) is 0. The predicted octanol–water partition coefficient (Wildman–Crippen LogP) is 26.9. The summed E-state index contributed by atoms with van der Waals surface area (Å²) in [5.74, 6) is 12.7. The van der Waals surface area contributed by atoms with Crippen LogP contribution in [0, 0.1) is 101 Å². The molecular weight excluding hydrogens is 1210 g/mol. The number of carbonyl (C=O) groups is 2. The molecule has 0 aromatic carbocycles. The van der Waals surface area contributed by atoms with Crippen molar-refractivity contribution in [3.05, 3.63) is 0 Å². The Bertz CT molecular complexity index is 1810. The standard InChI is InChI=1S/C90H174O8/c1-70-29-18-31-72(3)38-24-45-80(11)57-61-93-66-89(68-97-85(16)91)95-63-59-82(13)47-26-40-74(5)32-19-30-71(2)36-22-43-78(9)52-55-87-50-28-49-76(7)34-20-33-73(4)39-25-46-81(12)58-62-94-67-90(69-98-86(17)92)96-64-60-83(14)48-27-41-75(6)37-23-44-79(10)53-56-88(65-87)84(15)54-51-77(8)42-21-35-70/h70-84,87-90H,18-69H2,1-17H3/t70?,71?,72?,73?,74?,75?,76?,77?,78?,79?,80?,81?,82?,83?,84?,87?,88?,89-,90-/m0/s1. The molecule has 0 aromatic heterocycles. The normalized spacial score (nSPS) is 35.5. The Balaban J connectivity index is 2.23. The van der Waals surface area contributed by atoms with E-state index in [0.29, 0.717) is 50.1 Å². The van der Waals surface area contributed by atoms with Gasteiger partial charge >= 0.3 is 11.9 Å². The lowest BCUT2D eigenvalue weighted by atomic mass is 9.75. The summed E-state index contributed by atoms with van der Waals surface area (Å²) in [5, 5.41) is 0. The first kappa shape index (κ1) is 92.9. The molecule has 0 N–H and O–H groups in total. The van der Waals surface area contributed by atoms with Crippen LogP contribution >= 0.6 is 0 Å². The summed E-state index contributed by atoms with van der Waals surface area (Å²) in [6.45, 7) is 45.1. The molecule has 2 rings (SSSR count). The van der Waals surface area contributed by atoms with Crippen molar-refractivity contribution < 1.29 is 38.0 Å². The lowest BCUT2D eigenvalue weighted by Crippen LogP contribution is -2.28. The van der Waals surface area contributed by atoms with E-state index >= 15 is 0 Å². The van der Waals surface area contributed by atoms with Gasteiger partial charge in [-0.2, -0.15) is 0 Å². The second-order valence-electron chi connectivity index (χ2n) is 36.2. The van der Waals surface area contributed by atoms with Crippen LogP contribution in [0.4, 0.5) is 0 Å². The maximum atomic E-state index is 11.7. The smallest absolute Gasteiger partial charge is 0.302 e. The third kappa shape index (κ3) is 54.4. The van der Waals surface area contributed by atoms with E-state index in [9.17, 15) is 9.59 Å². The van der Waals surface area contributed by atoms with Crippen LogP contribution < -0.4 is 0 Å². The van der Waals surface area contributed by atoms with Crippen molar-refractivity contribution in [3.63, 3.8) is 0 Å². The number of hydrogen-bond donors (Lipinski definition) is 0. The van der Waals surface area contributed by atoms with Gasteiger partial charge in [0.2, 0.25) is 0 Å². The molecule has 19 atom stereocenters. The van der Waals surface area contributed by atoms with Crippen molar-refractivity contribution in [2.24, 2.45) is 101 Å². The van der Waals surface area contributed by atoms with Crippen molar-refractivity contribution >= 4 is 11.9 Å². The maximum absolute atomic E-state index is 11.7. The van der Waals surface area contributed by atoms with E-state index in [1.165, 1.54) is 271 Å². The molecule has 8 heteroatoms. The SMILES string of the molecule is CC(=O)OC[C@@H]1COCCC(C)CCCC(C)CCCC(C)CCCC(C)CCC(C)C2CCC(C)CCCC(C)CCCC(C)CCO[C@H](COC(C)=O)COCCC(C)CCCC(C)CCCC(C)CCCC(CCC(C)CCCC(C)CCCC(C)CCCC(C)CCO1)C2. The minimum atomic E-state index is -0.252. The fraction of sp³-hybridized carbons (Fsp3) is 0.978. The average Bonchev–Trinajstić information content (AvgIpc) is 1.01. The highest BCUT2D eigenvalue weighted by atomic mass is 16.6. The van der Waals surface area contributed by atoms with Gasteiger partial charge in [-0.25, -0.2) is 0 Å². The van der Waals surface area contributed by atoms with Gasteiger partial charge in [0.25, 0.3) is 0 Å². The van der Waals surface area contributed by atoms with Crippen LogP contribution in [0.2, 0.25) is 0 Å². The zero-order valence-electron chi connectivity index (χ0n) is 69.0. The monoisotopic (exact) mass is 1380 g/mol. The quantitative estimate of drug-likeness (QED) is 0.257. The van der Waals surface area contributed by atoms with E-state index in [1.807, 2.05) is 0 Å². The Hall–Kier alpha value is -1.22. The highest BCUT2D eigenvalue weighted by molar-refractivity contribution is 5.66. The molecule has 2 aliphatic rings. The van der Waals surface area contributed by atoms with Gasteiger partial charge in [-0.15, -0.1) is 0 Å². The van der Waals surface area contributed by atoms with E-state index < -0.39 is 0 Å². The van der Waals surface area contributed by atoms with E-state index in [2.05, 4.69) is 104 Å². The van der Waals surface area contributed by atoms with E-state index in [-0.39, 0.29) is 37.4 Å². The van der Waals surface area contributed by atoms with Crippen molar-refractivity contribution in [1.82, 2.24) is 0 Å². The summed E-state index contributed by atoms with van der Waals surface area (Å²) < 4.78 is 35.8. The first-order valence-corrected chi connectivity index (χ1v) is 43.6. The van der Waals surface area contributed by atoms with Crippen LogP contribution in [0.3, 0.4) is 0 Å². The Morgan fingerprint density at radius 2 is 0.490 bits per heavy atom. The molecule has 8 nitrogen and oxygen atoms in total.